The molecule has 0 aliphatic heterocycles. The standard InChI is InChI=1S/C6H11NO3S/c1-2-4-7-5-3-6-11(8,9)10/h1,7H,3-6H2,(H,8,9,10). The van der Waals surface area contributed by atoms with Gasteiger partial charge < -0.3 is 5.32 Å². The van der Waals surface area contributed by atoms with E-state index in [-0.39, 0.29) is 5.75 Å². The molecule has 0 saturated heterocycles. The molecule has 0 aromatic heterocycles. The van der Waals surface area contributed by atoms with Gasteiger partial charge in [-0.2, -0.15) is 8.42 Å². The van der Waals surface area contributed by atoms with Gasteiger partial charge in [-0.1, -0.05) is 5.92 Å². The Balaban J connectivity index is 3.24. The first-order chi connectivity index (χ1) is 5.06. The third-order valence-electron chi connectivity index (χ3n) is 0.983. The highest BCUT2D eigenvalue weighted by atomic mass is 32.2. The Labute approximate surface area is 66.7 Å². The van der Waals surface area contributed by atoms with Crippen molar-refractivity contribution in [3.05, 3.63) is 0 Å². The van der Waals surface area contributed by atoms with Gasteiger partial charge in [0.15, 0.2) is 0 Å². The predicted octanol–water partition coefficient (Wildman–Crippen LogP) is -0.513. The molecule has 5 heteroatoms. The number of nitrogens with one attached hydrogen (secondary N) is 1. The zero-order valence-corrected chi connectivity index (χ0v) is 6.89. The smallest absolute Gasteiger partial charge is 0.264 e. The summed E-state index contributed by atoms with van der Waals surface area (Å²) in [6.07, 6.45) is 5.29. The van der Waals surface area contributed by atoms with Crippen LogP contribution in [0.15, 0.2) is 0 Å². The van der Waals surface area contributed by atoms with Gasteiger partial charge >= 0.3 is 0 Å². The first-order valence-electron chi connectivity index (χ1n) is 3.15. The van der Waals surface area contributed by atoms with E-state index in [1.54, 1.807) is 0 Å². The summed E-state index contributed by atoms with van der Waals surface area (Å²) < 4.78 is 28.6. The molecule has 0 bridgehead atoms. The van der Waals surface area contributed by atoms with Crippen LogP contribution in [0, 0.1) is 12.3 Å². The second-order valence-corrected chi connectivity index (χ2v) is 3.59. The summed E-state index contributed by atoms with van der Waals surface area (Å²) in [5.74, 6) is 2.12. The van der Waals surface area contributed by atoms with Gasteiger partial charge in [-0.15, -0.1) is 6.42 Å². The molecule has 2 N–H and O–H groups in total. The molecule has 11 heavy (non-hydrogen) atoms. The molecule has 0 aromatic carbocycles. The zero-order chi connectivity index (χ0) is 8.74. The van der Waals surface area contributed by atoms with Crippen LogP contribution in [0.5, 0.6) is 0 Å². The molecular weight excluding hydrogens is 166 g/mol. The SMILES string of the molecule is C#CCNCCCS(=O)(=O)O. The quantitative estimate of drug-likeness (QED) is 0.337. The Bertz CT molecular complexity index is 227. The van der Waals surface area contributed by atoms with Gasteiger partial charge in [0, 0.05) is 0 Å². The summed E-state index contributed by atoms with van der Waals surface area (Å²) in [5.41, 5.74) is 0. The molecule has 0 aliphatic rings. The molecule has 0 amide bonds. The van der Waals surface area contributed by atoms with Gasteiger partial charge in [-0.3, -0.25) is 4.55 Å². The summed E-state index contributed by atoms with van der Waals surface area (Å²) in [6.45, 7) is 0.926. The topological polar surface area (TPSA) is 66.4 Å². The molecule has 0 unspecified atom stereocenters. The minimum Gasteiger partial charge on any atom is -0.306 e. The fourth-order valence-electron chi connectivity index (χ4n) is 0.540. The van der Waals surface area contributed by atoms with E-state index in [9.17, 15) is 8.42 Å². The Morgan fingerprint density at radius 2 is 2.18 bits per heavy atom. The van der Waals surface area contributed by atoms with E-state index in [2.05, 4.69) is 11.2 Å². The van der Waals surface area contributed by atoms with Gasteiger partial charge in [-0.25, -0.2) is 0 Å². The van der Waals surface area contributed by atoms with Crippen molar-refractivity contribution in [1.29, 1.82) is 0 Å². The Morgan fingerprint density at radius 3 is 2.64 bits per heavy atom. The summed E-state index contributed by atoms with van der Waals surface area (Å²) in [6, 6.07) is 0. The van der Waals surface area contributed by atoms with E-state index in [1.165, 1.54) is 0 Å². The van der Waals surface area contributed by atoms with Crippen LogP contribution in [0.3, 0.4) is 0 Å². The fraction of sp³-hybridized carbons (Fsp3) is 0.667. The number of terminal acetylenes is 1. The van der Waals surface area contributed by atoms with Crippen molar-refractivity contribution in [2.24, 2.45) is 0 Å². The molecule has 0 atom stereocenters. The monoisotopic (exact) mass is 177 g/mol. The van der Waals surface area contributed by atoms with E-state index in [4.69, 9.17) is 11.0 Å². The maximum Gasteiger partial charge on any atom is 0.264 e. The normalized spacial score (nSPS) is 10.9. The van der Waals surface area contributed by atoms with Crippen LogP contribution in [-0.2, 0) is 10.1 Å². The van der Waals surface area contributed by atoms with E-state index >= 15 is 0 Å². The van der Waals surface area contributed by atoms with Gasteiger partial charge in [-0.05, 0) is 13.0 Å². The minimum atomic E-state index is -3.80. The lowest BCUT2D eigenvalue weighted by Crippen LogP contribution is -2.18. The molecule has 0 aliphatic carbocycles. The van der Waals surface area contributed by atoms with E-state index in [1.807, 2.05) is 0 Å². The van der Waals surface area contributed by atoms with Crippen molar-refractivity contribution < 1.29 is 13.0 Å². The van der Waals surface area contributed by atoms with Crippen molar-refractivity contribution in [3.63, 3.8) is 0 Å². The molecular formula is C6H11NO3S. The number of rotatable bonds is 5. The first-order valence-corrected chi connectivity index (χ1v) is 4.76. The molecule has 64 valence electrons. The minimum absolute atomic E-state index is 0.218. The molecule has 0 spiro atoms. The van der Waals surface area contributed by atoms with E-state index in [0.29, 0.717) is 19.5 Å². The largest absolute Gasteiger partial charge is 0.306 e. The molecule has 0 rings (SSSR count). The summed E-state index contributed by atoms with van der Waals surface area (Å²) in [4.78, 5) is 0. The van der Waals surface area contributed by atoms with Crippen LogP contribution in [0.4, 0.5) is 0 Å². The van der Waals surface area contributed by atoms with Crippen LogP contribution in [-0.4, -0.2) is 31.8 Å². The average molecular weight is 177 g/mol. The van der Waals surface area contributed by atoms with Crippen molar-refractivity contribution in [3.8, 4) is 12.3 Å². The highest BCUT2D eigenvalue weighted by Gasteiger charge is 2.01. The lowest BCUT2D eigenvalue weighted by molar-refractivity contribution is 0.480. The summed E-state index contributed by atoms with van der Waals surface area (Å²) in [5, 5.41) is 2.80. The Hall–Kier alpha value is -0.570. The second kappa shape index (κ2) is 5.13. The molecule has 4 nitrogen and oxygen atoms in total. The first kappa shape index (κ1) is 10.4. The molecule has 0 heterocycles. The fourth-order valence-corrected chi connectivity index (χ4v) is 1.05. The van der Waals surface area contributed by atoms with Crippen LogP contribution < -0.4 is 5.32 Å². The van der Waals surface area contributed by atoms with Gasteiger partial charge in [0.1, 0.15) is 0 Å². The van der Waals surface area contributed by atoms with Crippen LogP contribution in [0.1, 0.15) is 6.42 Å². The third-order valence-corrected chi connectivity index (χ3v) is 1.79. The summed E-state index contributed by atoms with van der Waals surface area (Å²) in [7, 11) is -3.80. The Morgan fingerprint density at radius 1 is 1.55 bits per heavy atom. The van der Waals surface area contributed by atoms with Crippen molar-refractivity contribution >= 4 is 10.1 Å². The van der Waals surface area contributed by atoms with Crippen molar-refractivity contribution in [2.45, 2.75) is 6.42 Å². The van der Waals surface area contributed by atoms with Gasteiger partial charge in [0.25, 0.3) is 10.1 Å². The highest BCUT2D eigenvalue weighted by molar-refractivity contribution is 7.85. The zero-order valence-electron chi connectivity index (χ0n) is 6.08. The molecule has 0 radical (unpaired) electrons. The maximum atomic E-state index is 10.2. The van der Waals surface area contributed by atoms with Crippen LogP contribution in [0.2, 0.25) is 0 Å². The lowest BCUT2D eigenvalue weighted by Gasteiger charge is -1.97. The van der Waals surface area contributed by atoms with Gasteiger partial charge in [0.2, 0.25) is 0 Å². The lowest BCUT2D eigenvalue weighted by atomic mass is 10.5. The van der Waals surface area contributed by atoms with Crippen molar-refractivity contribution in [2.75, 3.05) is 18.8 Å². The predicted molar refractivity (Wildman–Crippen MR) is 42.7 cm³/mol. The highest BCUT2D eigenvalue weighted by Crippen LogP contribution is 1.85. The van der Waals surface area contributed by atoms with E-state index in [0.717, 1.165) is 0 Å². The average Bonchev–Trinajstić information content (AvgIpc) is 1.85. The van der Waals surface area contributed by atoms with E-state index < -0.39 is 10.1 Å². The third kappa shape index (κ3) is 9.43. The maximum absolute atomic E-state index is 10.2. The van der Waals surface area contributed by atoms with Crippen LogP contribution >= 0.6 is 0 Å². The number of hydrogen-bond acceptors (Lipinski definition) is 3. The second-order valence-electron chi connectivity index (χ2n) is 2.02. The number of hydrogen-bond donors (Lipinski definition) is 2. The summed E-state index contributed by atoms with van der Waals surface area (Å²) >= 11 is 0. The van der Waals surface area contributed by atoms with Gasteiger partial charge in [0.05, 0.1) is 12.3 Å². The Kier molecular flexibility index (Phi) is 4.86. The molecule has 0 aromatic rings. The molecule has 0 fully saturated rings. The van der Waals surface area contributed by atoms with Crippen LogP contribution in [0.25, 0.3) is 0 Å². The molecule has 0 saturated carbocycles. The van der Waals surface area contributed by atoms with Crippen molar-refractivity contribution in [1.82, 2.24) is 5.32 Å².